The largest absolute Gasteiger partial charge is 0.379 e. The zero-order valence-electron chi connectivity index (χ0n) is 15.9. The summed E-state index contributed by atoms with van der Waals surface area (Å²) in [4.78, 5) is 8.23. The summed E-state index contributed by atoms with van der Waals surface area (Å²) in [5.41, 5.74) is 3.91. The molecule has 0 amide bonds. The molecule has 4 rings (SSSR count). The van der Waals surface area contributed by atoms with E-state index in [2.05, 4.69) is 44.8 Å². The summed E-state index contributed by atoms with van der Waals surface area (Å²) < 4.78 is 5.39. The zero-order valence-corrected chi connectivity index (χ0v) is 16.7. The Bertz CT molecular complexity index is 972. The number of nitrogens with zero attached hydrogens (tertiary/aromatic N) is 3. The second-order valence-electron chi connectivity index (χ2n) is 7.03. The molecule has 1 aromatic carbocycles. The van der Waals surface area contributed by atoms with Crippen molar-refractivity contribution in [3.63, 3.8) is 0 Å². The lowest BCUT2D eigenvalue weighted by Crippen LogP contribution is -2.37. The number of pyridine rings is 1. The molecule has 28 heavy (non-hydrogen) atoms. The average molecular weight is 393 g/mol. The predicted octanol–water partition coefficient (Wildman–Crippen LogP) is 3.65. The molecule has 6 heteroatoms. The second-order valence-corrected chi connectivity index (χ2v) is 8.03. The number of thiophene rings is 1. The van der Waals surface area contributed by atoms with E-state index >= 15 is 0 Å². The maximum absolute atomic E-state index is 9.00. The van der Waals surface area contributed by atoms with Gasteiger partial charge in [0.2, 0.25) is 0 Å². The maximum atomic E-state index is 9.00. The Kier molecular flexibility index (Phi) is 6.30. The number of hydrogen-bond donors (Lipinski definition) is 1. The van der Waals surface area contributed by atoms with Crippen LogP contribution in [-0.4, -0.2) is 49.3 Å². The Morgan fingerprint density at radius 1 is 1.18 bits per heavy atom. The summed E-state index contributed by atoms with van der Waals surface area (Å²) >= 11 is 1.79. The van der Waals surface area contributed by atoms with E-state index in [-0.39, 0.29) is 0 Å². The summed E-state index contributed by atoms with van der Waals surface area (Å²) in [5, 5.41) is 15.8. The first-order valence-electron chi connectivity index (χ1n) is 9.70. The van der Waals surface area contributed by atoms with Crippen molar-refractivity contribution < 1.29 is 4.74 Å². The number of benzene rings is 1. The molecule has 1 fully saturated rings. The molecule has 1 N–H and O–H groups in total. The van der Waals surface area contributed by atoms with Crippen LogP contribution in [0.5, 0.6) is 0 Å². The first-order valence-corrected chi connectivity index (χ1v) is 10.6. The van der Waals surface area contributed by atoms with Crippen molar-refractivity contribution in [2.24, 2.45) is 0 Å². The average Bonchev–Trinajstić information content (AvgIpc) is 3.22. The summed E-state index contributed by atoms with van der Waals surface area (Å²) in [6.45, 7) is 6.95. The van der Waals surface area contributed by atoms with Crippen LogP contribution in [0.1, 0.15) is 16.9 Å². The van der Waals surface area contributed by atoms with E-state index in [9.17, 15) is 0 Å². The number of ether oxygens (including phenoxy) is 1. The summed E-state index contributed by atoms with van der Waals surface area (Å²) in [7, 11) is 0. The molecule has 0 spiro atoms. The van der Waals surface area contributed by atoms with E-state index in [0.29, 0.717) is 5.56 Å². The topological polar surface area (TPSA) is 61.2 Å². The SMILES string of the molecule is N#Cc1cnc2cc(-c3csc(CNCCCN4CCOCC4)c3)ccc2c1. The summed E-state index contributed by atoms with van der Waals surface area (Å²) in [6, 6.07) is 12.5. The van der Waals surface area contributed by atoms with Gasteiger partial charge in [0.25, 0.3) is 0 Å². The molecule has 0 aliphatic carbocycles. The van der Waals surface area contributed by atoms with E-state index in [1.54, 1.807) is 17.5 Å². The first kappa shape index (κ1) is 19.0. The van der Waals surface area contributed by atoms with Crippen molar-refractivity contribution >= 4 is 22.2 Å². The van der Waals surface area contributed by atoms with Crippen molar-refractivity contribution in [1.29, 1.82) is 5.26 Å². The van der Waals surface area contributed by atoms with Gasteiger partial charge in [0.15, 0.2) is 0 Å². The summed E-state index contributed by atoms with van der Waals surface area (Å²) in [6.07, 6.45) is 2.80. The number of fused-ring (bicyclic) bond motifs is 1. The van der Waals surface area contributed by atoms with Gasteiger partial charge in [-0.15, -0.1) is 11.3 Å². The molecular formula is C22H24N4OS. The van der Waals surface area contributed by atoms with Crippen LogP contribution >= 0.6 is 11.3 Å². The Morgan fingerprint density at radius 3 is 2.93 bits per heavy atom. The van der Waals surface area contributed by atoms with E-state index in [4.69, 9.17) is 10.00 Å². The molecule has 3 aromatic rings. The first-order chi connectivity index (χ1) is 13.8. The molecule has 5 nitrogen and oxygen atoms in total. The molecule has 0 radical (unpaired) electrons. The van der Waals surface area contributed by atoms with E-state index in [1.807, 2.05) is 12.1 Å². The lowest BCUT2D eigenvalue weighted by atomic mass is 10.1. The lowest BCUT2D eigenvalue weighted by molar-refractivity contribution is 0.0374. The van der Waals surface area contributed by atoms with E-state index < -0.39 is 0 Å². The Balaban J connectivity index is 1.30. The lowest BCUT2D eigenvalue weighted by Gasteiger charge is -2.26. The van der Waals surface area contributed by atoms with Crippen LogP contribution in [0.4, 0.5) is 0 Å². The molecule has 0 bridgehead atoms. The highest BCUT2D eigenvalue weighted by atomic mass is 32.1. The standard InChI is InChI=1S/C22H24N4OS/c23-13-17-10-19-3-2-18(12-22(19)25-14-17)20-11-21(28-16-20)15-24-4-1-5-26-6-8-27-9-7-26/h2-3,10-12,14,16,24H,1,4-9,15H2. The van der Waals surface area contributed by atoms with Crippen LogP contribution in [0.15, 0.2) is 41.9 Å². The zero-order chi connectivity index (χ0) is 19.2. The van der Waals surface area contributed by atoms with E-state index in [0.717, 1.165) is 56.8 Å². The van der Waals surface area contributed by atoms with Crippen LogP contribution in [0.2, 0.25) is 0 Å². The van der Waals surface area contributed by atoms with Crippen LogP contribution in [0.3, 0.4) is 0 Å². The second kappa shape index (κ2) is 9.26. The molecule has 0 saturated carbocycles. The van der Waals surface area contributed by atoms with Gasteiger partial charge in [-0.25, -0.2) is 0 Å². The van der Waals surface area contributed by atoms with Crippen molar-refractivity contribution in [3.8, 4) is 17.2 Å². The maximum Gasteiger partial charge on any atom is 0.101 e. The molecule has 0 unspecified atom stereocenters. The molecular weight excluding hydrogens is 368 g/mol. The van der Waals surface area contributed by atoms with Gasteiger partial charge in [-0.3, -0.25) is 9.88 Å². The monoisotopic (exact) mass is 392 g/mol. The number of morpholine rings is 1. The normalized spacial score (nSPS) is 15.0. The molecule has 3 heterocycles. The number of nitrogens with one attached hydrogen (secondary N) is 1. The minimum Gasteiger partial charge on any atom is -0.379 e. The minimum atomic E-state index is 0.595. The highest BCUT2D eigenvalue weighted by Gasteiger charge is 2.09. The highest BCUT2D eigenvalue weighted by molar-refractivity contribution is 7.10. The molecule has 1 aliphatic heterocycles. The van der Waals surface area contributed by atoms with E-state index in [1.165, 1.54) is 22.4 Å². The van der Waals surface area contributed by atoms with Crippen LogP contribution in [-0.2, 0) is 11.3 Å². The van der Waals surface area contributed by atoms with Crippen molar-refractivity contribution in [3.05, 3.63) is 52.3 Å². The fraction of sp³-hybridized carbons (Fsp3) is 0.364. The summed E-state index contributed by atoms with van der Waals surface area (Å²) in [5.74, 6) is 0. The highest BCUT2D eigenvalue weighted by Crippen LogP contribution is 2.28. The number of aromatic nitrogens is 1. The van der Waals surface area contributed by atoms with Gasteiger partial charge in [0.1, 0.15) is 6.07 Å². The van der Waals surface area contributed by atoms with Crippen LogP contribution in [0, 0.1) is 11.3 Å². The fourth-order valence-electron chi connectivity index (χ4n) is 3.45. The fourth-order valence-corrected chi connectivity index (χ4v) is 4.31. The quantitative estimate of drug-likeness (QED) is 0.622. The molecule has 0 atom stereocenters. The Labute approximate surface area is 169 Å². The minimum absolute atomic E-state index is 0.595. The molecule has 1 saturated heterocycles. The van der Waals surface area contributed by atoms with Gasteiger partial charge < -0.3 is 10.1 Å². The number of hydrogen-bond acceptors (Lipinski definition) is 6. The van der Waals surface area contributed by atoms with Crippen molar-refractivity contribution in [2.45, 2.75) is 13.0 Å². The van der Waals surface area contributed by atoms with Gasteiger partial charge in [-0.2, -0.15) is 5.26 Å². The third-order valence-corrected chi connectivity index (χ3v) is 5.97. The Hall–Kier alpha value is -2.30. The smallest absolute Gasteiger partial charge is 0.101 e. The van der Waals surface area contributed by atoms with Gasteiger partial charge in [-0.05, 0) is 54.2 Å². The van der Waals surface area contributed by atoms with Gasteiger partial charge in [0, 0.05) is 36.1 Å². The Morgan fingerprint density at radius 2 is 2.07 bits per heavy atom. The van der Waals surface area contributed by atoms with Crippen LogP contribution < -0.4 is 5.32 Å². The van der Waals surface area contributed by atoms with Gasteiger partial charge in [-0.1, -0.05) is 12.1 Å². The third-order valence-electron chi connectivity index (χ3n) is 5.03. The van der Waals surface area contributed by atoms with Gasteiger partial charge in [0.05, 0.1) is 24.3 Å². The molecule has 2 aromatic heterocycles. The molecule has 1 aliphatic rings. The third kappa shape index (κ3) is 4.75. The van der Waals surface area contributed by atoms with Crippen LogP contribution in [0.25, 0.3) is 22.0 Å². The molecule has 144 valence electrons. The van der Waals surface area contributed by atoms with Gasteiger partial charge >= 0.3 is 0 Å². The van der Waals surface area contributed by atoms with Crippen molar-refractivity contribution in [2.75, 3.05) is 39.4 Å². The van der Waals surface area contributed by atoms with Crippen molar-refractivity contribution in [1.82, 2.24) is 15.2 Å². The number of rotatable bonds is 7. The predicted molar refractivity (Wildman–Crippen MR) is 113 cm³/mol. The number of nitriles is 1.